The largest absolute Gasteiger partial charge is 0.455 e. The monoisotopic (exact) mass is 922 g/mol. The lowest BCUT2D eigenvalue weighted by molar-refractivity contribution is -0.152. The highest BCUT2D eigenvalue weighted by atomic mass is 35.5. The maximum absolute atomic E-state index is 15.0. The van der Waals surface area contributed by atoms with Gasteiger partial charge in [-0.3, -0.25) is 24.2 Å². The van der Waals surface area contributed by atoms with Crippen molar-refractivity contribution < 1.29 is 29.0 Å². The Labute approximate surface area is 390 Å². The van der Waals surface area contributed by atoms with Gasteiger partial charge >= 0.3 is 0 Å². The maximum atomic E-state index is 15.0. The Morgan fingerprint density at radius 1 is 0.892 bits per heavy atom. The summed E-state index contributed by atoms with van der Waals surface area (Å²) in [5.74, 6) is -1.02. The van der Waals surface area contributed by atoms with Crippen LogP contribution in [0.1, 0.15) is 48.7 Å². The van der Waals surface area contributed by atoms with Gasteiger partial charge in [0.15, 0.2) is 0 Å². The molecule has 2 saturated heterocycles. The summed E-state index contributed by atoms with van der Waals surface area (Å²) in [7, 11) is 7.57. The number of hydrogen-bond donors (Lipinski definition) is 2. The van der Waals surface area contributed by atoms with Crippen LogP contribution < -0.4 is 10.1 Å². The van der Waals surface area contributed by atoms with E-state index in [1.165, 1.54) is 4.90 Å². The zero-order chi connectivity index (χ0) is 46.4. The summed E-state index contributed by atoms with van der Waals surface area (Å²) in [6, 6.07) is 23.1. The normalized spacial score (nSPS) is 21.1. The number of nitrogens with zero attached hydrogens (tertiary/aromatic N) is 7. The van der Waals surface area contributed by atoms with Gasteiger partial charge in [0.1, 0.15) is 29.4 Å². The highest BCUT2D eigenvalue weighted by Gasteiger charge is 2.46. The number of rotatable bonds is 12. The highest BCUT2D eigenvalue weighted by Crippen LogP contribution is 2.35. The molecule has 65 heavy (non-hydrogen) atoms. The molecular weight excluding hydrogens is 867 g/mol. The van der Waals surface area contributed by atoms with Crippen molar-refractivity contribution in [1.82, 2.24) is 39.5 Å². The summed E-state index contributed by atoms with van der Waals surface area (Å²) in [4.78, 5) is 74.7. The lowest BCUT2D eigenvalue weighted by Crippen LogP contribution is -2.65. The molecule has 4 heterocycles. The molecule has 2 aliphatic rings. The molecule has 4 atom stereocenters. The van der Waals surface area contributed by atoms with Crippen LogP contribution >= 0.6 is 23.2 Å². The molecule has 0 unspecified atom stereocenters. The van der Waals surface area contributed by atoms with Crippen molar-refractivity contribution >= 4 is 46.8 Å². The van der Waals surface area contributed by atoms with E-state index in [4.69, 9.17) is 27.9 Å². The van der Waals surface area contributed by atoms with Crippen LogP contribution in [0.5, 0.6) is 11.5 Å². The van der Waals surface area contributed by atoms with Gasteiger partial charge in [0.25, 0.3) is 0 Å². The molecule has 2 N–H and O–H groups in total. The first-order valence-electron chi connectivity index (χ1n) is 21.8. The lowest BCUT2D eigenvalue weighted by Gasteiger charge is -2.50. The van der Waals surface area contributed by atoms with Crippen LogP contribution in [0.3, 0.4) is 0 Å². The molecule has 2 aliphatic heterocycles. The number of halogens is 2. The molecule has 7 rings (SSSR count). The highest BCUT2D eigenvalue weighted by molar-refractivity contribution is 6.31. The zero-order valence-electron chi connectivity index (χ0n) is 37.4. The van der Waals surface area contributed by atoms with Crippen LogP contribution in [0, 0.1) is 5.92 Å². The summed E-state index contributed by atoms with van der Waals surface area (Å²) < 4.78 is 8.38. The van der Waals surface area contributed by atoms with E-state index in [0.29, 0.717) is 65.2 Å². The molecule has 2 aromatic heterocycles. The predicted molar refractivity (Wildman–Crippen MR) is 249 cm³/mol. The van der Waals surface area contributed by atoms with Crippen LogP contribution in [0.2, 0.25) is 10.0 Å². The zero-order valence-corrected chi connectivity index (χ0v) is 38.9. The molecule has 14 nitrogen and oxygen atoms in total. The minimum atomic E-state index is -1.33. The third-order valence-corrected chi connectivity index (χ3v) is 13.0. The number of aliphatic hydroxyl groups is 1. The fourth-order valence-electron chi connectivity index (χ4n) is 8.85. The van der Waals surface area contributed by atoms with E-state index in [1.807, 2.05) is 79.1 Å². The number of benzene rings is 3. The number of hydrogen-bond acceptors (Lipinski definition) is 9. The van der Waals surface area contributed by atoms with Gasteiger partial charge in [-0.1, -0.05) is 71.7 Å². The molecule has 342 valence electrons. The van der Waals surface area contributed by atoms with Crippen molar-refractivity contribution in [3.8, 4) is 22.9 Å². The van der Waals surface area contributed by atoms with Gasteiger partial charge in [-0.15, -0.1) is 0 Å². The minimum Gasteiger partial charge on any atom is -0.455 e. The predicted octanol–water partition coefficient (Wildman–Crippen LogP) is 6.16. The van der Waals surface area contributed by atoms with E-state index in [2.05, 4.69) is 15.3 Å². The molecule has 5 aromatic rings. The molecule has 2 bridgehead atoms. The summed E-state index contributed by atoms with van der Waals surface area (Å²) in [5, 5.41) is 14.4. The van der Waals surface area contributed by atoms with Crippen molar-refractivity contribution in [2.45, 2.75) is 69.7 Å². The number of fused-ring (bicyclic) bond motifs is 2. The topological polar surface area (TPSA) is 153 Å². The number of likely N-dealkylation sites (N-methyl/N-ethyl adjacent to an activating group) is 1. The van der Waals surface area contributed by atoms with Crippen molar-refractivity contribution in [3.05, 3.63) is 130 Å². The molecule has 3 aromatic carbocycles. The summed E-state index contributed by atoms with van der Waals surface area (Å²) in [6.45, 7) is 2.05. The average molecular weight is 924 g/mol. The number of carbonyl (C=O) groups excluding carboxylic acids is 4. The molecule has 4 amide bonds. The molecular formula is C49H56Cl2N8O6. The second-order valence-electron chi connectivity index (χ2n) is 17.4. The minimum absolute atomic E-state index is 0.118. The molecule has 2 fully saturated rings. The van der Waals surface area contributed by atoms with Crippen molar-refractivity contribution in [3.63, 3.8) is 0 Å². The van der Waals surface area contributed by atoms with E-state index in [1.54, 1.807) is 72.6 Å². The first-order chi connectivity index (χ1) is 31.1. The van der Waals surface area contributed by atoms with Crippen LogP contribution in [-0.2, 0) is 52.2 Å². The average Bonchev–Trinajstić information content (AvgIpc) is 3.65. The quantitative estimate of drug-likeness (QED) is 0.150. The van der Waals surface area contributed by atoms with Gasteiger partial charge in [-0.05, 0) is 94.2 Å². The van der Waals surface area contributed by atoms with Gasteiger partial charge in [-0.25, -0.2) is 4.98 Å². The number of piperidine rings is 1. The Hall–Kier alpha value is -5.80. The van der Waals surface area contributed by atoms with Gasteiger partial charge in [0, 0.05) is 49.2 Å². The Bertz CT molecular complexity index is 2480. The number of imidazole rings is 1. The van der Waals surface area contributed by atoms with Gasteiger partial charge in [0.05, 0.1) is 54.9 Å². The van der Waals surface area contributed by atoms with Crippen molar-refractivity contribution in [1.29, 1.82) is 0 Å². The Kier molecular flexibility index (Phi) is 14.9. The van der Waals surface area contributed by atoms with Crippen molar-refractivity contribution in [2.24, 2.45) is 13.0 Å². The van der Waals surface area contributed by atoms with Gasteiger partial charge in [-0.2, -0.15) is 0 Å². The fourth-order valence-corrected chi connectivity index (χ4v) is 9.14. The number of carbonyl (C=O) groups is 4. The first kappa shape index (κ1) is 47.2. The number of ether oxygens (including phenoxy) is 1. The Morgan fingerprint density at radius 3 is 2.32 bits per heavy atom. The summed E-state index contributed by atoms with van der Waals surface area (Å²) in [5.41, 5.74) is 2.95. The summed E-state index contributed by atoms with van der Waals surface area (Å²) in [6.07, 6.45) is 4.98. The summed E-state index contributed by atoms with van der Waals surface area (Å²) >= 11 is 12.8. The molecule has 0 saturated carbocycles. The van der Waals surface area contributed by atoms with E-state index >= 15 is 0 Å². The van der Waals surface area contributed by atoms with Crippen molar-refractivity contribution in [2.75, 3.05) is 40.8 Å². The van der Waals surface area contributed by atoms with Crippen LogP contribution in [0.15, 0.2) is 97.3 Å². The standard InChI is InChI=1S/C49H56Cl2N8O6/c1-32-46(62)54-41(30-60)48(64)57(5)49(25-34-12-15-37(50)16-13-34)20-9-21-58(31-49)47(63)36(22-33-10-7-6-8-11-33)23-45(61)59(32)28-35-14-17-38(51)24-43(35)65-39-18-19-40(52-26-39)42-27-53-44(56(42)4)29-55(2)3/h6-8,10-19,24,26-27,32,36,41,60H,9,20-23,25,28-31H2,1-5H3,(H,54,62)/t32-,36+,41-,49+/m0/s1. The SMILES string of the molecule is C[C@H]1C(=O)N[C@@H](CO)C(=O)N(C)[C@@]2(Cc3ccc(Cl)cc3)CCCN(C2)C(=O)[C@H](Cc2ccccc2)CC(=O)N1Cc1ccc(Cl)cc1Oc1ccc(-c2cnc(CN(C)C)n2C)nc1. The van der Waals surface area contributed by atoms with Crippen LogP contribution in [-0.4, -0.2) is 121 Å². The fraction of sp³-hybridized carbons (Fsp3) is 0.388. The van der Waals surface area contributed by atoms with E-state index in [-0.39, 0.29) is 31.8 Å². The van der Waals surface area contributed by atoms with Gasteiger partial charge < -0.3 is 39.3 Å². The third-order valence-electron chi connectivity index (χ3n) is 12.6. The van der Waals surface area contributed by atoms with Gasteiger partial charge in [0.2, 0.25) is 23.6 Å². The number of nitrogens with one attached hydrogen (secondary N) is 1. The molecule has 0 spiro atoms. The molecule has 0 radical (unpaired) electrons. The second kappa shape index (κ2) is 20.6. The Morgan fingerprint density at radius 2 is 1.63 bits per heavy atom. The van der Waals surface area contributed by atoms with E-state index < -0.39 is 47.9 Å². The smallest absolute Gasteiger partial charge is 0.247 e. The number of aromatic nitrogens is 3. The van der Waals surface area contributed by atoms with Crippen LogP contribution in [0.25, 0.3) is 11.4 Å². The lowest BCUT2D eigenvalue weighted by atomic mass is 9.80. The number of pyridine rings is 1. The molecule has 0 aliphatic carbocycles. The second-order valence-corrected chi connectivity index (χ2v) is 18.3. The number of amides is 4. The Balaban J connectivity index is 1.22. The first-order valence-corrected chi connectivity index (χ1v) is 22.5. The third kappa shape index (κ3) is 11.0. The molecule has 16 heteroatoms. The van der Waals surface area contributed by atoms with E-state index in [9.17, 15) is 24.3 Å². The van der Waals surface area contributed by atoms with Crippen LogP contribution in [0.4, 0.5) is 0 Å². The maximum Gasteiger partial charge on any atom is 0.247 e. The van der Waals surface area contributed by atoms with E-state index in [0.717, 1.165) is 22.6 Å². The number of aliphatic hydroxyl groups excluding tert-OH is 1.